The van der Waals surface area contributed by atoms with Gasteiger partial charge in [0, 0.05) is 6.42 Å². The van der Waals surface area contributed by atoms with Crippen LogP contribution in [0.2, 0.25) is 0 Å². The summed E-state index contributed by atoms with van der Waals surface area (Å²) in [5.74, 6) is 2.48. The van der Waals surface area contributed by atoms with Gasteiger partial charge in [-0.05, 0) is 127 Å². The number of benzene rings is 2. The molecule has 6 rings (SSSR count). The van der Waals surface area contributed by atoms with Crippen molar-refractivity contribution in [2.24, 2.45) is 52.3 Å². The number of ketones is 1. The van der Waals surface area contributed by atoms with Crippen LogP contribution in [-0.4, -0.2) is 42.4 Å². The van der Waals surface area contributed by atoms with Crippen molar-refractivity contribution >= 4 is 26.4 Å². The summed E-state index contributed by atoms with van der Waals surface area (Å²) in [6, 6.07) is 12.8. The molecule has 4 fully saturated rings. The van der Waals surface area contributed by atoms with Crippen molar-refractivity contribution in [1.29, 1.82) is 0 Å². The van der Waals surface area contributed by atoms with Gasteiger partial charge in [0.1, 0.15) is 11.5 Å². The first kappa shape index (κ1) is 32.2. The molecule has 5 nitrogen and oxygen atoms in total. The summed E-state index contributed by atoms with van der Waals surface area (Å²) >= 11 is 0. The fourth-order valence-corrected chi connectivity index (χ4v) is 12.8. The number of hydrogen-bond acceptors (Lipinski definition) is 5. The van der Waals surface area contributed by atoms with Gasteiger partial charge in [0.25, 0.3) is 0 Å². The van der Waals surface area contributed by atoms with Crippen LogP contribution in [0.5, 0.6) is 0 Å². The van der Waals surface area contributed by atoms with Gasteiger partial charge >= 0.3 is 0 Å². The molecule has 0 aliphatic heterocycles. The topological polar surface area (TPSA) is 91.7 Å². The van der Waals surface area contributed by atoms with E-state index in [0.29, 0.717) is 41.9 Å². The van der Waals surface area contributed by atoms with E-state index >= 15 is 0 Å². The maximum Gasteiger partial charge on any atom is 0.185 e. The lowest BCUT2D eigenvalue weighted by molar-refractivity contribution is -0.203. The molecule has 0 heterocycles. The first-order valence-electron chi connectivity index (χ1n) is 17.5. The molecule has 2 aromatic rings. The summed E-state index contributed by atoms with van der Waals surface area (Å²) < 4.78 is 26.1. The quantitative estimate of drug-likeness (QED) is 0.300. The van der Waals surface area contributed by atoms with Gasteiger partial charge in [0.2, 0.25) is 0 Å². The first-order valence-corrected chi connectivity index (χ1v) is 19.1. The van der Waals surface area contributed by atoms with Crippen LogP contribution in [0.15, 0.2) is 47.4 Å². The highest BCUT2D eigenvalue weighted by Gasteiger charge is 2.64. The molecule has 4 aliphatic carbocycles. The van der Waals surface area contributed by atoms with Crippen LogP contribution >= 0.6 is 0 Å². The van der Waals surface area contributed by atoms with E-state index < -0.39 is 15.6 Å². The van der Waals surface area contributed by atoms with E-state index in [1.54, 1.807) is 12.1 Å². The zero-order chi connectivity index (χ0) is 31.4. The van der Waals surface area contributed by atoms with E-state index in [1.165, 1.54) is 25.7 Å². The van der Waals surface area contributed by atoms with Crippen LogP contribution in [0.3, 0.4) is 0 Å². The number of aliphatic hydroxyl groups is 2. The molecule has 4 saturated carbocycles. The maximum absolute atomic E-state index is 13.1. The standard InChI is InChI=1S/C38H54O5S/c1-5-30-34-22-27(39)17-19-38(34,4)33-18-20-37(3)31(15-16-32(37)35(33)36(30)41)24(2)9-8-12-28(40)23-44(42,43)29-14-13-25-10-6-7-11-26(25)21-29/h6-7,10-11,13-14,21,24,27,30-36,39,41H,5,8-9,12,15-20,22-23H2,1-4H3/t24-,27-,30-,31?,32+,33+,34?,35+,36-,37?,38?/m1/s1. The lowest BCUT2D eigenvalue weighted by Crippen LogP contribution is -2.62. The van der Waals surface area contributed by atoms with Gasteiger partial charge in [0.05, 0.1) is 17.1 Å². The molecule has 2 aromatic carbocycles. The average Bonchev–Trinajstić information content (AvgIpc) is 3.35. The SMILES string of the molecule is CC[C@@H]1C2C[C@H](O)CCC2(C)[C@H]2CCC3(C)C([C@H](C)CCCC(=O)CS(=O)(=O)c4ccc5ccccc5c4)CC[C@H]3[C@@H]2[C@@H]1O. The Morgan fingerprint density at radius 3 is 2.39 bits per heavy atom. The summed E-state index contributed by atoms with van der Waals surface area (Å²) in [5, 5.41) is 24.4. The number of carbonyl (C=O) groups is 1. The van der Waals surface area contributed by atoms with Gasteiger partial charge in [0.15, 0.2) is 9.84 Å². The highest BCUT2D eigenvalue weighted by Crippen LogP contribution is 2.69. The van der Waals surface area contributed by atoms with Crippen molar-refractivity contribution in [2.45, 2.75) is 115 Å². The van der Waals surface area contributed by atoms with Crippen LogP contribution in [-0.2, 0) is 14.6 Å². The van der Waals surface area contributed by atoms with Crippen molar-refractivity contribution in [3.05, 3.63) is 42.5 Å². The molecule has 0 aromatic heterocycles. The first-order chi connectivity index (χ1) is 20.9. The Labute approximate surface area is 265 Å². The number of sulfone groups is 1. The molecular formula is C38H54O5S. The Hall–Kier alpha value is -1.76. The molecule has 0 spiro atoms. The molecule has 0 amide bonds. The second-order valence-corrected chi connectivity index (χ2v) is 17.8. The molecule has 2 N–H and O–H groups in total. The normalized spacial score (nSPS) is 39.3. The minimum absolute atomic E-state index is 0.195. The number of hydrogen-bond donors (Lipinski definition) is 2. The molecule has 4 aliphatic rings. The molecule has 11 atom stereocenters. The summed E-state index contributed by atoms with van der Waals surface area (Å²) in [5.41, 5.74) is 0.406. The second-order valence-electron chi connectivity index (χ2n) is 15.8. The van der Waals surface area contributed by atoms with Crippen molar-refractivity contribution in [3.8, 4) is 0 Å². The van der Waals surface area contributed by atoms with Gasteiger partial charge < -0.3 is 10.2 Å². The van der Waals surface area contributed by atoms with E-state index in [-0.39, 0.29) is 39.6 Å². The summed E-state index contributed by atoms with van der Waals surface area (Å²) in [6.07, 6.45) is 9.97. The third-order valence-electron chi connectivity index (χ3n) is 13.7. The van der Waals surface area contributed by atoms with Crippen molar-refractivity contribution in [3.63, 3.8) is 0 Å². The summed E-state index contributed by atoms with van der Waals surface area (Å²) in [6.45, 7) is 9.55. The third kappa shape index (κ3) is 5.49. The summed E-state index contributed by atoms with van der Waals surface area (Å²) in [4.78, 5) is 13.1. The lowest BCUT2D eigenvalue weighted by atomic mass is 9.41. The van der Waals surface area contributed by atoms with Gasteiger partial charge in [-0.1, -0.05) is 70.9 Å². The molecule has 0 saturated heterocycles. The number of Topliss-reactive ketones (excluding diaryl/α,β-unsaturated/α-hetero) is 1. The van der Waals surface area contributed by atoms with Crippen LogP contribution in [0.1, 0.15) is 98.3 Å². The van der Waals surface area contributed by atoms with Gasteiger partial charge in [-0.15, -0.1) is 0 Å². The van der Waals surface area contributed by atoms with E-state index in [4.69, 9.17) is 0 Å². The largest absolute Gasteiger partial charge is 0.393 e. The van der Waals surface area contributed by atoms with Crippen LogP contribution in [0.25, 0.3) is 10.8 Å². The minimum Gasteiger partial charge on any atom is -0.393 e. The van der Waals surface area contributed by atoms with Gasteiger partial charge in [-0.2, -0.15) is 0 Å². The minimum atomic E-state index is -3.67. The highest BCUT2D eigenvalue weighted by atomic mass is 32.2. The molecule has 44 heavy (non-hydrogen) atoms. The predicted molar refractivity (Wildman–Crippen MR) is 176 cm³/mol. The fourth-order valence-electron chi connectivity index (χ4n) is 11.5. The fraction of sp³-hybridized carbons (Fsp3) is 0.711. The lowest BCUT2D eigenvalue weighted by Gasteiger charge is -2.64. The van der Waals surface area contributed by atoms with Crippen LogP contribution in [0, 0.1) is 52.3 Å². The van der Waals surface area contributed by atoms with Gasteiger partial charge in [-0.3, -0.25) is 4.79 Å². The molecular weight excluding hydrogens is 568 g/mol. The van der Waals surface area contributed by atoms with E-state index in [1.807, 2.05) is 30.3 Å². The van der Waals surface area contributed by atoms with E-state index in [2.05, 4.69) is 27.7 Å². The highest BCUT2D eigenvalue weighted by molar-refractivity contribution is 7.92. The molecule has 6 heteroatoms. The third-order valence-corrected chi connectivity index (χ3v) is 15.4. The Morgan fingerprint density at radius 2 is 1.64 bits per heavy atom. The second kappa shape index (κ2) is 12.1. The average molecular weight is 623 g/mol. The monoisotopic (exact) mass is 622 g/mol. The molecule has 4 unspecified atom stereocenters. The predicted octanol–water partition coefficient (Wildman–Crippen LogP) is 7.62. The number of rotatable bonds is 9. The zero-order valence-corrected chi connectivity index (χ0v) is 28.1. The van der Waals surface area contributed by atoms with E-state index in [9.17, 15) is 23.4 Å². The number of fused-ring (bicyclic) bond motifs is 6. The van der Waals surface area contributed by atoms with Crippen molar-refractivity contribution < 1.29 is 23.4 Å². The molecule has 0 bridgehead atoms. The maximum atomic E-state index is 13.1. The van der Waals surface area contributed by atoms with Crippen LogP contribution in [0.4, 0.5) is 0 Å². The van der Waals surface area contributed by atoms with E-state index in [0.717, 1.165) is 49.3 Å². The van der Waals surface area contributed by atoms with Crippen molar-refractivity contribution in [2.75, 3.05) is 5.75 Å². The smallest absolute Gasteiger partial charge is 0.185 e. The number of aliphatic hydroxyl groups excluding tert-OH is 2. The zero-order valence-electron chi connectivity index (χ0n) is 27.3. The van der Waals surface area contributed by atoms with Crippen molar-refractivity contribution in [1.82, 2.24) is 0 Å². The Kier molecular flexibility index (Phi) is 8.86. The molecule has 0 radical (unpaired) electrons. The van der Waals surface area contributed by atoms with Crippen LogP contribution < -0.4 is 0 Å². The summed E-state index contributed by atoms with van der Waals surface area (Å²) in [7, 11) is -3.67. The number of carbonyl (C=O) groups excluding carboxylic acids is 1. The Morgan fingerprint density at radius 1 is 0.932 bits per heavy atom. The Balaban J connectivity index is 1.08. The Bertz CT molecular complexity index is 1470. The molecule has 242 valence electrons. The van der Waals surface area contributed by atoms with Gasteiger partial charge in [-0.25, -0.2) is 8.42 Å².